The first-order valence-corrected chi connectivity index (χ1v) is 10.0. The molecule has 1 aliphatic rings. The molecule has 0 saturated heterocycles. The lowest BCUT2D eigenvalue weighted by molar-refractivity contribution is 0.376. The van der Waals surface area contributed by atoms with Crippen molar-refractivity contribution in [1.29, 1.82) is 0 Å². The zero-order valence-electron chi connectivity index (χ0n) is 12.8. The zero-order valence-corrected chi connectivity index (χ0v) is 14.4. The smallest absolute Gasteiger partial charge is 0.298 e. The van der Waals surface area contributed by atoms with Gasteiger partial charge in [0.15, 0.2) is 11.5 Å². The molecule has 4 N–H and O–H groups in total. The van der Waals surface area contributed by atoms with E-state index in [1.165, 1.54) is 12.1 Å². The maximum absolute atomic E-state index is 12.0. The van der Waals surface area contributed by atoms with Gasteiger partial charge in [-0.25, -0.2) is 4.98 Å². The lowest BCUT2D eigenvalue weighted by atomic mass is 10.1. The van der Waals surface area contributed by atoms with Crippen LogP contribution in [0.25, 0.3) is 22.2 Å². The number of fused-ring (bicyclic) bond motifs is 4. The molecule has 25 heavy (non-hydrogen) atoms. The van der Waals surface area contributed by atoms with Crippen molar-refractivity contribution in [2.45, 2.75) is 23.1 Å². The molecule has 8 nitrogen and oxygen atoms in total. The van der Waals surface area contributed by atoms with Crippen LogP contribution in [0, 0.1) is 6.92 Å². The minimum absolute atomic E-state index is 0.0624. The Balaban J connectivity index is 2.12. The predicted molar refractivity (Wildman–Crippen MR) is 90.5 cm³/mol. The zero-order chi connectivity index (χ0) is 18.1. The van der Waals surface area contributed by atoms with Gasteiger partial charge in [-0.1, -0.05) is 6.07 Å². The molecular weight excluding hydrogens is 370 g/mol. The van der Waals surface area contributed by atoms with E-state index in [2.05, 4.69) is 4.98 Å². The Bertz CT molecular complexity index is 1140. The van der Waals surface area contributed by atoms with E-state index in [0.717, 1.165) is 5.56 Å². The van der Waals surface area contributed by atoms with Crippen molar-refractivity contribution in [2.75, 3.05) is 0 Å². The normalized spacial score (nSPS) is 14.6. The van der Waals surface area contributed by atoms with Crippen LogP contribution in [0.1, 0.15) is 17.0 Å². The van der Waals surface area contributed by atoms with Gasteiger partial charge in [0.2, 0.25) is 0 Å². The molecule has 0 fully saturated rings. The number of hydrogen-bond acceptors (Lipinski definition) is 7. The van der Waals surface area contributed by atoms with Crippen LogP contribution in [0.15, 0.2) is 38.5 Å². The van der Waals surface area contributed by atoms with Crippen LogP contribution in [0.5, 0.6) is 0 Å². The summed E-state index contributed by atoms with van der Waals surface area (Å²) in [4.78, 5) is 3.57. The molecule has 1 aliphatic carbocycles. The summed E-state index contributed by atoms with van der Waals surface area (Å²) in [5.74, 6) is 0.252. The molecule has 0 saturated carbocycles. The number of benzene rings is 2. The van der Waals surface area contributed by atoms with Crippen molar-refractivity contribution in [2.24, 2.45) is 0 Å². The van der Waals surface area contributed by atoms with E-state index in [9.17, 15) is 26.6 Å². The molecule has 0 unspecified atom stereocenters. The molecule has 10 heteroatoms. The van der Waals surface area contributed by atoms with Crippen molar-refractivity contribution < 1.29 is 31.0 Å². The lowest BCUT2D eigenvalue weighted by Crippen LogP contribution is -2.02. The van der Waals surface area contributed by atoms with E-state index >= 15 is 0 Å². The number of aryl methyl sites for hydroxylation is 1. The average molecular weight is 383 g/mol. The van der Waals surface area contributed by atoms with Crippen molar-refractivity contribution in [3.05, 3.63) is 41.3 Å². The molecule has 2 aromatic carbocycles. The van der Waals surface area contributed by atoms with Gasteiger partial charge in [-0.15, -0.1) is 0 Å². The second-order valence-corrected chi connectivity index (χ2v) is 8.68. The van der Waals surface area contributed by atoms with E-state index in [4.69, 9.17) is 4.42 Å². The van der Waals surface area contributed by atoms with Crippen LogP contribution in [0.4, 0.5) is 0 Å². The first kappa shape index (κ1) is 16.5. The average Bonchev–Trinajstić information content (AvgIpc) is 3.00. The second-order valence-electron chi connectivity index (χ2n) is 5.81. The Labute approximate surface area is 144 Å². The number of rotatable bonds is 2. The largest absolute Gasteiger partial charge is 0.440 e. The summed E-state index contributed by atoms with van der Waals surface area (Å²) in [5, 5.41) is 0. The van der Waals surface area contributed by atoms with Gasteiger partial charge in [0.05, 0.1) is 4.90 Å². The summed E-state index contributed by atoms with van der Waals surface area (Å²) in [6, 6.07) is 5.91. The van der Waals surface area contributed by atoms with Gasteiger partial charge in [-0.05, 0) is 41.3 Å². The Morgan fingerprint density at radius 3 is 2.44 bits per heavy atom. The molecule has 0 amide bonds. The van der Waals surface area contributed by atoms with E-state index < -0.39 is 25.9 Å². The van der Waals surface area contributed by atoms with Gasteiger partial charge in [-0.3, -0.25) is 4.55 Å². The fraction of sp³-hybridized carbons (Fsp3) is 0.133. The highest BCUT2D eigenvalue weighted by molar-refractivity contribution is 8.19. The maximum atomic E-state index is 12.0. The minimum Gasteiger partial charge on any atom is -0.440 e. The molecule has 0 bridgehead atoms. The van der Waals surface area contributed by atoms with Crippen LogP contribution in [0.3, 0.4) is 0 Å². The molecule has 1 aromatic heterocycles. The van der Waals surface area contributed by atoms with Gasteiger partial charge in [0.1, 0.15) is 21.3 Å². The summed E-state index contributed by atoms with van der Waals surface area (Å²) >= 11 is 0. The van der Waals surface area contributed by atoms with Gasteiger partial charge in [0, 0.05) is 12.5 Å². The van der Waals surface area contributed by atoms with Crippen LogP contribution >= 0.6 is 10.9 Å². The van der Waals surface area contributed by atoms with Crippen LogP contribution in [0.2, 0.25) is 0 Å². The standard InChI is InChI=1S/C15H13NO7S2/c1-7-16-12-5-9-4-8-2-3-10(24(17,18)19)6-11(8)13(9)15(14(12)23-7)25(20,21)22/h2-3,5-6,17-19H,4H2,1H3,(H,20,21,22). The molecule has 4 rings (SSSR count). The van der Waals surface area contributed by atoms with Crippen molar-refractivity contribution >= 4 is 32.1 Å². The van der Waals surface area contributed by atoms with Gasteiger partial charge >= 0.3 is 0 Å². The molecule has 0 atom stereocenters. The quantitative estimate of drug-likeness (QED) is 0.385. The minimum atomic E-state index is -4.65. The molecule has 3 aromatic rings. The van der Waals surface area contributed by atoms with Crippen LogP contribution < -0.4 is 0 Å². The number of nitrogens with zero attached hydrogens (tertiary/aromatic N) is 1. The van der Waals surface area contributed by atoms with Gasteiger partial charge in [0.25, 0.3) is 10.1 Å². The van der Waals surface area contributed by atoms with Crippen molar-refractivity contribution in [1.82, 2.24) is 4.98 Å². The lowest BCUT2D eigenvalue weighted by Gasteiger charge is -2.20. The summed E-state index contributed by atoms with van der Waals surface area (Å²) in [6.45, 7) is 1.56. The van der Waals surface area contributed by atoms with E-state index in [0.29, 0.717) is 23.1 Å². The van der Waals surface area contributed by atoms with Gasteiger partial charge in [-0.2, -0.15) is 8.42 Å². The summed E-state index contributed by atoms with van der Waals surface area (Å²) < 4.78 is 67.6. The fourth-order valence-electron chi connectivity index (χ4n) is 3.20. The second kappa shape index (κ2) is 5.04. The fourth-order valence-corrected chi connectivity index (χ4v) is 4.61. The Kier molecular flexibility index (Phi) is 3.33. The maximum Gasteiger partial charge on any atom is 0.298 e. The number of hydrogen-bond donors (Lipinski definition) is 4. The highest BCUT2D eigenvalue weighted by atomic mass is 32.3. The monoisotopic (exact) mass is 383 g/mol. The first-order chi connectivity index (χ1) is 11.6. The molecule has 0 radical (unpaired) electrons. The first-order valence-electron chi connectivity index (χ1n) is 7.10. The molecule has 1 heterocycles. The van der Waals surface area contributed by atoms with E-state index in [1.54, 1.807) is 19.1 Å². The number of oxazole rings is 1. The third-order valence-electron chi connectivity index (χ3n) is 4.13. The SMILES string of the molecule is Cc1nc2cc3c(c(S(=O)(=O)O)c2o1)-c1cc(S(O)(O)O)ccc1C3. The van der Waals surface area contributed by atoms with Crippen molar-refractivity contribution in [3.8, 4) is 11.1 Å². The van der Waals surface area contributed by atoms with Gasteiger partial charge < -0.3 is 18.1 Å². The molecule has 0 aliphatic heterocycles. The van der Waals surface area contributed by atoms with Crippen LogP contribution in [-0.4, -0.2) is 31.6 Å². The third-order valence-corrected chi connectivity index (χ3v) is 5.92. The van der Waals surface area contributed by atoms with Crippen LogP contribution in [-0.2, 0) is 16.5 Å². The molecular formula is C15H13NO7S2. The molecule has 0 spiro atoms. The Hall–Kier alpha value is -1.95. The summed E-state index contributed by atoms with van der Waals surface area (Å²) in [6.07, 6.45) is 0.375. The Morgan fingerprint density at radius 1 is 1.08 bits per heavy atom. The highest BCUT2D eigenvalue weighted by Gasteiger charge is 2.32. The molecule has 132 valence electrons. The topological polar surface area (TPSA) is 141 Å². The Morgan fingerprint density at radius 2 is 1.80 bits per heavy atom. The summed E-state index contributed by atoms with van der Waals surface area (Å²) in [7, 11) is -8.61. The highest BCUT2D eigenvalue weighted by Crippen LogP contribution is 2.49. The third kappa shape index (κ3) is 2.54. The van der Waals surface area contributed by atoms with E-state index in [-0.39, 0.29) is 21.9 Å². The predicted octanol–water partition coefficient (Wildman–Crippen LogP) is 3.54. The van der Waals surface area contributed by atoms with Crippen molar-refractivity contribution in [3.63, 3.8) is 0 Å². The summed E-state index contributed by atoms with van der Waals surface area (Å²) in [5.41, 5.74) is 2.17. The number of aromatic nitrogens is 1. The van der Waals surface area contributed by atoms with E-state index in [1.807, 2.05) is 0 Å².